The first-order valence-electron chi connectivity index (χ1n) is 9.51. The second-order valence-corrected chi connectivity index (χ2v) is 7.83. The smallest absolute Gasteiger partial charge is 0.118 e. The van der Waals surface area contributed by atoms with Crippen LogP contribution < -0.4 is 9.47 Å². The Bertz CT molecular complexity index is 1300. The van der Waals surface area contributed by atoms with Gasteiger partial charge in [0.15, 0.2) is 0 Å². The maximum atomic E-state index is 5.38. The second-order valence-electron chi connectivity index (χ2n) is 6.92. The van der Waals surface area contributed by atoms with Crippen molar-refractivity contribution in [1.82, 2.24) is 0 Å². The van der Waals surface area contributed by atoms with Gasteiger partial charge in [0.05, 0.1) is 14.2 Å². The molecule has 0 atom stereocenters. The van der Waals surface area contributed by atoms with Crippen molar-refractivity contribution in [3.05, 3.63) is 84.2 Å². The van der Waals surface area contributed by atoms with Gasteiger partial charge in [-0.25, -0.2) is 0 Å². The first-order chi connectivity index (χ1) is 14.3. The molecule has 0 N–H and O–H groups in total. The molecule has 142 valence electrons. The zero-order valence-corrected chi connectivity index (χ0v) is 17.1. The lowest BCUT2D eigenvalue weighted by Gasteiger charge is -2.17. The number of ether oxygens (including phenoxy) is 2. The molecule has 5 aromatic rings. The third-order valence-electron chi connectivity index (χ3n) is 5.39. The van der Waals surface area contributed by atoms with Crippen LogP contribution in [0.3, 0.4) is 0 Å². The molecule has 1 aromatic heterocycles. The van der Waals surface area contributed by atoms with Gasteiger partial charge in [0.1, 0.15) is 11.5 Å². The first-order valence-corrected chi connectivity index (χ1v) is 10.4. The van der Waals surface area contributed by atoms with E-state index in [1.807, 2.05) is 24.3 Å². The van der Waals surface area contributed by atoms with Gasteiger partial charge in [-0.3, -0.25) is 0 Å². The number of thiophene rings is 1. The normalized spacial score (nSPS) is 11.1. The van der Waals surface area contributed by atoms with Crippen molar-refractivity contribution in [3.63, 3.8) is 0 Å². The summed E-state index contributed by atoms with van der Waals surface area (Å²) in [7, 11) is 3.40. The summed E-state index contributed by atoms with van der Waals surface area (Å²) in [5.41, 5.74) is 4.89. The van der Waals surface area contributed by atoms with Gasteiger partial charge in [-0.2, -0.15) is 0 Å². The monoisotopic (exact) mass is 396 g/mol. The van der Waals surface area contributed by atoms with Crippen molar-refractivity contribution in [2.24, 2.45) is 0 Å². The number of hydrogen-bond donors (Lipinski definition) is 0. The SMILES string of the molecule is COc1ccc(-c2c(-c3ccc(OC)cc3)c3sccc3c3ccccc23)cc1. The number of benzene rings is 4. The topological polar surface area (TPSA) is 18.5 Å². The summed E-state index contributed by atoms with van der Waals surface area (Å²) in [5, 5.41) is 6.02. The van der Waals surface area contributed by atoms with Gasteiger partial charge in [-0.15, -0.1) is 11.3 Å². The summed E-state index contributed by atoms with van der Waals surface area (Å²) in [6.07, 6.45) is 0. The highest BCUT2D eigenvalue weighted by molar-refractivity contribution is 7.18. The van der Waals surface area contributed by atoms with Crippen molar-refractivity contribution in [2.45, 2.75) is 0 Å². The summed E-state index contributed by atoms with van der Waals surface area (Å²) in [6, 6.07) is 27.6. The van der Waals surface area contributed by atoms with E-state index in [4.69, 9.17) is 9.47 Å². The fourth-order valence-corrected chi connectivity index (χ4v) is 4.97. The minimum Gasteiger partial charge on any atom is -0.497 e. The molecule has 0 amide bonds. The molecule has 2 nitrogen and oxygen atoms in total. The van der Waals surface area contributed by atoms with Crippen molar-refractivity contribution >= 4 is 32.2 Å². The zero-order valence-electron chi connectivity index (χ0n) is 16.3. The van der Waals surface area contributed by atoms with E-state index in [9.17, 15) is 0 Å². The van der Waals surface area contributed by atoms with Crippen LogP contribution in [0.5, 0.6) is 11.5 Å². The molecule has 0 fully saturated rings. The summed E-state index contributed by atoms with van der Waals surface area (Å²) >= 11 is 1.79. The highest BCUT2D eigenvalue weighted by atomic mass is 32.1. The van der Waals surface area contributed by atoms with Crippen LogP contribution in [0.4, 0.5) is 0 Å². The number of methoxy groups -OCH3 is 2. The van der Waals surface area contributed by atoms with E-state index >= 15 is 0 Å². The summed E-state index contributed by atoms with van der Waals surface area (Å²) in [6.45, 7) is 0. The van der Waals surface area contributed by atoms with Crippen LogP contribution in [-0.4, -0.2) is 14.2 Å². The molecule has 0 saturated heterocycles. The molecule has 0 aliphatic carbocycles. The van der Waals surface area contributed by atoms with Gasteiger partial charge in [0.2, 0.25) is 0 Å². The van der Waals surface area contributed by atoms with Gasteiger partial charge < -0.3 is 9.47 Å². The average molecular weight is 397 g/mol. The van der Waals surface area contributed by atoms with Crippen LogP contribution in [0.15, 0.2) is 84.2 Å². The maximum absolute atomic E-state index is 5.38. The molecule has 0 bridgehead atoms. The van der Waals surface area contributed by atoms with E-state index in [2.05, 4.69) is 60.0 Å². The lowest BCUT2D eigenvalue weighted by Crippen LogP contribution is -1.91. The Kier molecular flexibility index (Phi) is 4.45. The molecular formula is C26H20O2S. The minimum atomic E-state index is 0.862. The first kappa shape index (κ1) is 17.8. The van der Waals surface area contributed by atoms with Crippen LogP contribution in [0.25, 0.3) is 43.1 Å². The summed E-state index contributed by atoms with van der Waals surface area (Å²) < 4.78 is 12.1. The van der Waals surface area contributed by atoms with Crippen molar-refractivity contribution in [2.75, 3.05) is 14.2 Å². The molecule has 0 aliphatic heterocycles. The van der Waals surface area contributed by atoms with Gasteiger partial charge in [-0.05, 0) is 63.2 Å². The molecule has 5 rings (SSSR count). The molecule has 0 radical (unpaired) electrons. The second kappa shape index (κ2) is 7.26. The van der Waals surface area contributed by atoms with E-state index in [1.165, 1.54) is 43.1 Å². The molecule has 0 spiro atoms. The molecule has 29 heavy (non-hydrogen) atoms. The molecule has 4 aromatic carbocycles. The Morgan fingerprint density at radius 2 is 1.10 bits per heavy atom. The number of fused-ring (bicyclic) bond motifs is 3. The molecule has 0 aliphatic rings. The average Bonchev–Trinajstić information content (AvgIpc) is 3.28. The van der Waals surface area contributed by atoms with Crippen LogP contribution >= 0.6 is 11.3 Å². The van der Waals surface area contributed by atoms with E-state index < -0.39 is 0 Å². The lowest BCUT2D eigenvalue weighted by molar-refractivity contribution is 0.414. The van der Waals surface area contributed by atoms with E-state index in [1.54, 1.807) is 25.6 Å². The Morgan fingerprint density at radius 3 is 1.69 bits per heavy atom. The molecule has 3 heteroatoms. The molecule has 1 heterocycles. The highest BCUT2D eigenvalue weighted by Crippen LogP contribution is 2.46. The predicted molar refractivity (Wildman–Crippen MR) is 123 cm³/mol. The van der Waals surface area contributed by atoms with Gasteiger partial charge in [-0.1, -0.05) is 48.5 Å². The van der Waals surface area contributed by atoms with E-state index in [-0.39, 0.29) is 0 Å². The largest absolute Gasteiger partial charge is 0.497 e. The highest BCUT2D eigenvalue weighted by Gasteiger charge is 2.18. The molecular weight excluding hydrogens is 376 g/mol. The van der Waals surface area contributed by atoms with Gasteiger partial charge in [0.25, 0.3) is 0 Å². The number of hydrogen-bond acceptors (Lipinski definition) is 3. The third-order valence-corrected chi connectivity index (χ3v) is 6.32. The van der Waals surface area contributed by atoms with Crippen molar-refractivity contribution in [1.29, 1.82) is 0 Å². The Balaban J connectivity index is 1.90. The van der Waals surface area contributed by atoms with Crippen LogP contribution in [0, 0.1) is 0 Å². The standard InChI is InChI=1S/C26H20O2S/c1-27-19-11-7-17(8-12-19)24-22-6-4-3-5-21(22)23-15-16-29-26(23)25(24)18-9-13-20(28-2)14-10-18/h3-16H,1-2H3. The Labute approximate surface area is 174 Å². The van der Waals surface area contributed by atoms with Crippen LogP contribution in [0.1, 0.15) is 0 Å². The van der Waals surface area contributed by atoms with Crippen molar-refractivity contribution < 1.29 is 9.47 Å². The quantitative estimate of drug-likeness (QED) is 0.315. The van der Waals surface area contributed by atoms with Gasteiger partial charge >= 0.3 is 0 Å². The minimum absolute atomic E-state index is 0.862. The third kappa shape index (κ3) is 2.95. The van der Waals surface area contributed by atoms with Crippen LogP contribution in [0.2, 0.25) is 0 Å². The van der Waals surface area contributed by atoms with Crippen molar-refractivity contribution in [3.8, 4) is 33.8 Å². The van der Waals surface area contributed by atoms with Crippen LogP contribution in [-0.2, 0) is 0 Å². The fraction of sp³-hybridized carbons (Fsp3) is 0.0769. The van der Waals surface area contributed by atoms with E-state index in [0.29, 0.717) is 0 Å². The lowest BCUT2D eigenvalue weighted by atomic mass is 9.88. The zero-order chi connectivity index (χ0) is 19.8. The summed E-state index contributed by atoms with van der Waals surface area (Å²) in [4.78, 5) is 0. The molecule has 0 saturated carbocycles. The molecule has 0 unspecified atom stereocenters. The Hall–Kier alpha value is -3.30. The van der Waals surface area contributed by atoms with E-state index in [0.717, 1.165) is 11.5 Å². The van der Waals surface area contributed by atoms with Gasteiger partial charge in [0, 0.05) is 15.6 Å². The maximum Gasteiger partial charge on any atom is 0.118 e. The Morgan fingerprint density at radius 1 is 0.552 bits per heavy atom. The summed E-state index contributed by atoms with van der Waals surface area (Å²) in [5.74, 6) is 1.73. The number of rotatable bonds is 4. The fourth-order valence-electron chi connectivity index (χ4n) is 3.99. The predicted octanol–water partition coefficient (Wildman–Crippen LogP) is 7.41.